The highest BCUT2D eigenvalue weighted by Crippen LogP contribution is 2.15. The zero-order valence-corrected chi connectivity index (χ0v) is 10.9. The van der Waals surface area contributed by atoms with E-state index in [1.54, 1.807) is 11.8 Å². The van der Waals surface area contributed by atoms with Crippen molar-refractivity contribution < 1.29 is 18.5 Å². The van der Waals surface area contributed by atoms with Crippen LogP contribution in [-0.2, 0) is 10.8 Å². The highest BCUT2D eigenvalue weighted by Gasteiger charge is 2.13. The van der Waals surface area contributed by atoms with Crippen LogP contribution in [0.1, 0.15) is 17.3 Å². The van der Waals surface area contributed by atoms with Crippen LogP contribution in [0.4, 0.5) is 4.39 Å². The van der Waals surface area contributed by atoms with Gasteiger partial charge >= 0.3 is 5.97 Å². The fourth-order valence-electron chi connectivity index (χ4n) is 1.21. The monoisotopic (exact) mass is 276 g/mol. The van der Waals surface area contributed by atoms with Gasteiger partial charge in [0.05, 0.1) is 16.4 Å². The highest BCUT2D eigenvalue weighted by atomic mass is 32.2. The van der Waals surface area contributed by atoms with Crippen molar-refractivity contribution in [1.82, 2.24) is 0 Å². The van der Waals surface area contributed by atoms with Gasteiger partial charge in [0.25, 0.3) is 0 Å². The Morgan fingerprint density at radius 3 is 2.82 bits per heavy atom. The van der Waals surface area contributed by atoms with Crippen LogP contribution in [-0.4, -0.2) is 32.5 Å². The van der Waals surface area contributed by atoms with Crippen LogP contribution < -0.4 is 0 Å². The highest BCUT2D eigenvalue weighted by molar-refractivity contribution is 8.00. The largest absolute Gasteiger partial charge is 0.478 e. The SMILES string of the molecule is CCSCCS(=O)c1ccc(F)c(C(=O)O)c1. The number of halogens is 1. The third-order valence-corrected chi connectivity index (χ3v) is 4.56. The molecule has 3 nitrogen and oxygen atoms in total. The molecular formula is C11H13FO3S2. The molecule has 0 radical (unpaired) electrons. The molecule has 1 unspecified atom stereocenters. The molecule has 1 aromatic carbocycles. The average molecular weight is 276 g/mol. The number of aromatic carboxylic acids is 1. The smallest absolute Gasteiger partial charge is 0.338 e. The van der Waals surface area contributed by atoms with E-state index in [-0.39, 0.29) is 0 Å². The van der Waals surface area contributed by atoms with Gasteiger partial charge in [-0.05, 0) is 24.0 Å². The van der Waals surface area contributed by atoms with E-state index in [4.69, 9.17) is 5.11 Å². The van der Waals surface area contributed by atoms with Crippen LogP contribution >= 0.6 is 11.8 Å². The Balaban J connectivity index is 2.81. The molecule has 1 atom stereocenters. The quantitative estimate of drug-likeness (QED) is 0.811. The molecule has 94 valence electrons. The van der Waals surface area contributed by atoms with Gasteiger partial charge in [-0.1, -0.05) is 6.92 Å². The fourth-order valence-corrected chi connectivity index (χ4v) is 3.28. The topological polar surface area (TPSA) is 54.4 Å². The van der Waals surface area contributed by atoms with Crippen molar-refractivity contribution in [1.29, 1.82) is 0 Å². The van der Waals surface area contributed by atoms with Crippen molar-refractivity contribution in [3.05, 3.63) is 29.6 Å². The predicted molar refractivity (Wildman–Crippen MR) is 67.6 cm³/mol. The number of thioether (sulfide) groups is 1. The van der Waals surface area contributed by atoms with E-state index in [0.29, 0.717) is 10.6 Å². The minimum Gasteiger partial charge on any atom is -0.478 e. The molecule has 0 aliphatic heterocycles. The van der Waals surface area contributed by atoms with Gasteiger partial charge in [-0.25, -0.2) is 9.18 Å². The van der Waals surface area contributed by atoms with Crippen molar-refractivity contribution in [2.75, 3.05) is 17.3 Å². The molecule has 6 heteroatoms. The van der Waals surface area contributed by atoms with Crippen LogP contribution in [0.15, 0.2) is 23.1 Å². The molecule has 0 aliphatic rings. The lowest BCUT2D eigenvalue weighted by Crippen LogP contribution is -2.05. The zero-order valence-electron chi connectivity index (χ0n) is 9.31. The summed E-state index contributed by atoms with van der Waals surface area (Å²) in [6.07, 6.45) is 0. The second-order valence-corrected chi connectivity index (χ2v) is 6.16. The number of carbonyl (C=O) groups is 1. The summed E-state index contributed by atoms with van der Waals surface area (Å²) in [5, 5.41) is 8.74. The second kappa shape index (κ2) is 6.76. The lowest BCUT2D eigenvalue weighted by Gasteiger charge is -2.04. The van der Waals surface area contributed by atoms with E-state index in [1.165, 1.54) is 6.07 Å². The molecular weight excluding hydrogens is 263 g/mol. The molecule has 0 fully saturated rings. The first-order chi connectivity index (χ1) is 8.06. The third-order valence-electron chi connectivity index (χ3n) is 2.05. The minimum absolute atomic E-state index is 0.362. The van der Waals surface area contributed by atoms with Crippen molar-refractivity contribution in [2.45, 2.75) is 11.8 Å². The van der Waals surface area contributed by atoms with Gasteiger partial charge < -0.3 is 5.11 Å². The Labute approximate surface area is 106 Å². The second-order valence-electron chi connectivity index (χ2n) is 3.19. The summed E-state index contributed by atoms with van der Waals surface area (Å²) in [5.74, 6) is -0.0157. The first-order valence-corrected chi connectivity index (χ1v) is 7.52. The third kappa shape index (κ3) is 4.12. The molecule has 1 rings (SSSR count). The molecule has 0 aromatic heterocycles. The molecule has 0 saturated carbocycles. The van der Waals surface area contributed by atoms with Gasteiger partial charge in [0.15, 0.2) is 0 Å². The van der Waals surface area contributed by atoms with Gasteiger partial charge in [0, 0.05) is 16.4 Å². The van der Waals surface area contributed by atoms with Crippen LogP contribution in [0.25, 0.3) is 0 Å². The lowest BCUT2D eigenvalue weighted by molar-refractivity contribution is 0.0691. The van der Waals surface area contributed by atoms with E-state index in [0.717, 1.165) is 23.6 Å². The zero-order chi connectivity index (χ0) is 12.8. The number of benzene rings is 1. The summed E-state index contributed by atoms with van der Waals surface area (Å²) in [6.45, 7) is 2.01. The number of carboxylic acids is 1. The number of carboxylic acid groups (broad SMARTS) is 1. The summed E-state index contributed by atoms with van der Waals surface area (Å²) >= 11 is 1.66. The van der Waals surface area contributed by atoms with Gasteiger partial charge in [0.1, 0.15) is 5.82 Å². The molecule has 0 amide bonds. The van der Waals surface area contributed by atoms with Crippen LogP contribution in [0.5, 0.6) is 0 Å². The molecule has 17 heavy (non-hydrogen) atoms. The lowest BCUT2D eigenvalue weighted by atomic mass is 10.2. The van der Waals surface area contributed by atoms with Crippen molar-refractivity contribution in [3.8, 4) is 0 Å². The summed E-state index contributed by atoms with van der Waals surface area (Å²) < 4.78 is 24.9. The molecule has 0 bridgehead atoms. The van der Waals surface area contributed by atoms with Crippen molar-refractivity contribution in [3.63, 3.8) is 0 Å². The maximum Gasteiger partial charge on any atom is 0.338 e. The van der Waals surface area contributed by atoms with Crippen LogP contribution in [0.2, 0.25) is 0 Å². The Hall–Kier alpha value is -0.880. The molecule has 1 aromatic rings. The van der Waals surface area contributed by atoms with Crippen LogP contribution in [0, 0.1) is 5.82 Å². The maximum absolute atomic E-state index is 13.1. The van der Waals surface area contributed by atoms with Crippen molar-refractivity contribution in [2.24, 2.45) is 0 Å². The maximum atomic E-state index is 13.1. The fraction of sp³-hybridized carbons (Fsp3) is 0.364. The minimum atomic E-state index is -1.34. The summed E-state index contributed by atoms with van der Waals surface area (Å²) in [6, 6.07) is 3.56. The summed E-state index contributed by atoms with van der Waals surface area (Å²) in [7, 11) is -1.27. The van der Waals surface area contributed by atoms with Gasteiger partial charge in [-0.2, -0.15) is 11.8 Å². The Morgan fingerprint density at radius 1 is 1.53 bits per heavy atom. The summed E-state index contributed by atoms with van der Waals surface area (Å²) in [4.78, 5) is 11.1. The Kier molecular flexibility index (Phi) is 5.64. The van der Waals surface area contributed by atoms with Crippen LogP contribution in [0.3, 0.4) is 0 Å². The van der Waals surface area contributed by atoms with Gasteiger partial charge in [0.2, 0.25) is 0 Å². The first kappa shape index (κ1) is 14.2. The molecule has 1 N–H and O–H groups in total. The van der Waals surface area contributed by atoms with Crippen molar-refractivity contribution >= 4 is 28.5 Å². The molecule has 0 spiro atoms. The average Bonchev–Trinajstić information content (AvgIpc) is 2.29. The number of hydrogen-bond donors (Lipinski definition) is 1. The van der Waals surface area contributed by atoms with E-state index in [1.807, 2.05) is 6.92 Å². The predicted octanol–water partition coefficient (Wildman–Crippen LogP) is 2.38. The first-order valence-electron chi connectivity index (χ1n) is 5.05. The Bertz CT molecular complexity index is 435. The molecule has 0 aliphatic carbocycles. The molecule has 0 heterocycles. The summed E-state index contributed by atoms with van der Waals surface area (Å²) in [5.41, 5.74) is -0.431. The van der Waals surface area contributed by atoms with Gasteiger partial charge in [-0.3, -0.25) is 4.21 Å². The van der Waals surface area contributed by atoms with E-state index < -0.39 is 28.1 Å². The van der Waals surface area contributed by atoms with Gasteiger partial charge in [-0.15, -0.1) is 0 Å². The van der Waals surface area contributed by atoms with E-state index >= 15 is 0 Å². The normalized spacial score (nSPS) is 12.4. The Morgan fingerprint density at radius 2 is 2.24 bits per heavy atom. The number of hydrogen-bond acceptors (Lipinski definition) is 3. The standard InChI is InChI=1S/C11H13FO3S2/c1-2-16-5-6-17(15)8-3-4-10(12)9(7-8)11(13)14/h3-4,7H,2,5-6H2,1H3,(H,13,14). The van der Waals surface area contributed by atoms with E-state index in [9.17, 15) is 13.4 Å². The molecule has 0 saturated heterocycles. The van der Waals surface area contributed by atoms with E-state index in [2.05, 4.69) is 0 Å². The number of rotatable bonds is 6.